The van der Waals surface area contributed by atoms with E-state index in [1.807, 2.05) is 24.3 Å². The molecule has 0 spiro atoms. The minimum absolute atomic E-state index is 0.159. The molecule has 1 aliphatic rings. The third-order valence-electron chi connectivity index (χ3n) is 2.87. The van der Waals surface area contributed by atoms with E-state index in [1.54, 1.807) is 0 Å². The molecule has 4 nitrogen and oxygen atoms in total. The number of carbonyl (C=O) groups excluding carboxylic acids is 1. The predicted octanol–water partition coefficient (Wildman–Crippen LogP) is 1.26. The smallest absolute Gasteiger partial charge is 0.394 e. The van der Waals surface area contributed by atoms with E-state index in [0.717, 1.165) is 24.8 Å². The van der Waals surface area contributed by atoms with Crippen LogP contribution >= 0.6 is 0 Å². The summed E-state index contributed by atoms with van der Waals surface area (Å²) in [6.07, 6.45) is 2.77. The average molecular weight is 219 g/mol. The molecule has 16 heavy (non-hydrogen) atoms. The van der Waals surface area contributed by atoms with Gasteiger partial charge in [0.05, 0.1) is 6.04 Å². The van der Waals surface area contributed by atoms with Gasteiger partial charge in [-0.05, 0) is 30.4 Å². The molecule has 1 aliphatic carbocycles. The van der Waals surface area contributed by atoms with E-state index in [9.17, 15) is 9.59 Å². The monoisotopic (exact) mass is 219 g/mol. The first-order chi connectivity index (χ1) is 7.68. The second kappa shape index (κ2) is 4.35. The molecule has 2 N–H and O–H groups in total. The lowest BCUT2D eigenvalue weighted by molar-refractivity contribution is -0.150. The minimum atomic E-state index is -1.43. The molecule has 0 aromatic heterocycles. The molecule has 0 saturated heterocycles. The number of hydrogen-bond donors (Lipinski definition) is 2. The van der Waals surface area contributed by atoms with Crippen molar-refractivity contribution >= 4 is 11.9 Å². The van der Waals surface area contributed by atoms with Gasteiger partial charge >= 0.3 is 11.9 Å². The summed E-state index contributed by atoms with van der Waals surface area (Å²) in [5.74, 6) is -2.36. The van der Waals surface area contributed by atoms with Crippen molar-refractivity contribution in [3.05, 3.63) is 35.4 Å². The van der Waals surface area contributed by atoms with Crippen LogP contribution in [0.2, 0.25) is 0 Å². The Bertz CT molecular complexity index is 428. The quantitative estimate of drug-likeness (QED) is 0.699. The van der Waals surface area contributed by atoms with Crippen molar-refractivity contribution < 1.29 is 14.7 Å². The fourth-order valence-electron chi connectivity index (χ4n) is 2.12. The normalized spacial score (nSPS) is 18.6. The second-order valence-corrected chi connectivity index (χ2v) is 3.92. The standard InChI is InChI=1S/C12H13NO3/c14-11(12(15)16)13-10-7-3-5-8-4-1-2-6-9(8)10/h1-2,4,6,10H,3,5,7H2,(H,13,14)(H,15,16). The van der Waals surface area contributed by atoms with Gasteiger partial charge in [0.2, 0.25) is 0 Å². The third-order valence-corrected chi connectivity index (χ3v) is 2.87. The molecule has 1 amide bonds. The summed E-state index contributed by atoms with van der Waals surface area (Å²) < 4.78 is 0. The number of carbonyl (C=O) groups is 2. The minimum Gasteiger partial charge on any atom is -0.474 e. The van der Waals surface area contributed by atoms with Gasteiger partial charge in [-0.1, -0.05) is 24.3 Å². The van der Waals surface area contributed by atoms with Gasteiger partial charge in [-0.3, -0.25) is 4.79 Å². The lowest BCUT2D eigenvalue weighted by Gasteiger charge is -2.25. The van der Waals surface area contributed by atoms with E-state index in [1.165, 1.54) is 5.56 Å². The Morgan fingerprint density at radius 1 is 1.31 bits per heavy atom. The van der Waals surface area contributed by atoms with Crippen LogP contribution in [0.4, 0.5) is 0 Å². The van der Waals surface area contributed by atoms with Gasteiger partial charge in [-0.2, -0.15) is 0 Å². The maximum absolute atomic E-state index is 11.1. The zero-order valence-corrected chi connectivity index (χ0v) is 8.77. The van der Waals surface area contributed by atoms with Crippen LogP contribution in [-0.2, 0) is 16.0 Å². The molecule has 84 valence electrons. The number of fused-ring (bicyclic) bond motifs is 1. The summed E-state index contributed by atoms with van der Waals surface area (Å²) in [6.45, 7) is 0. The Morgan fingerprint density at radius 3 is 2.81 bits per heavy atom. The Kier molecular flexibility index (Phi) is 2.90. The molecule has 4 heteroatoms. The zero-order valence-electron chi connectivity index (χ0n) is 8.77. The maximum atomic E-state index is 11.1. The highest BCUT2D eigenvalue weighted by atomic mass is 16.4. The topological polar surface area (TPSA) is 66.4 Å². The fourth-order valence-corrected chi connectivity index (χ4v) is 2.12. The van der Waals surface area contributed by atoms with Gasteiger partial charge in [0.1, 0.15) is 0 Å². The molecule has 0 fully saturated rings. The molecule has 0 radical (unpaired) electrons. The highest BCUT2D eigenvalue weighted by Gasteiger charge is 2.23. The summed E-state index contributed by atoms with van der Waals surface area (Å²) in [6, 6.07) is 7.67. The van der Waals surface area contributed by atoms with Gasteiger partial charge in [0.25, 0.3) is 0 Å². The number of amides is 1. The summed E-state index contributed by atoms with van der Waals surface area (Å²) in [5, 5.41) is 11.1. The van der Waals surface area contributed by atoms with Crippen molar-refractivity contribution in [1.29, 1.82) is 0 Å². The molecule has 0 bridgehead atoms. The largest absolute Gasteiger partial charge is 0.474 e. The van der Waals surface area contributed by atoms with Gasteiger partial charge in [0.15, 0.2) is 0 Å². The number of carboxylic acids is 1. The van der Waals surface area contributed by atoms with Crippen molar-refractivity contribution in [2.45, 2.75) is 25.3 Å². The van der Waals surface area contributed by atoms with Crippen LogP contribution in [0.5, 0.6) is 0 Å². The van der Waals surface area contributed by atoms with Crippen LogP contribution in [-0.4, -0.2) is 17.0 Å². The molecule has 2 rings (SSSR count). The number of aryl methyl sites for hydroxylation is 1. The van der Waals surface area contributed by atoms with Gasteiger partial charge in [-0.15, -0.1) is 0 Å². The molecular formula is C12H13NO3. The first kappa shape index (κ1) is 10.7. The number of aliphatic carboxylic acids is 1. The molecule has 1 atom stereocenters. The van der Waals surface area contributed by atoms with Crippen molar-refractivity contribution in [3.8, 4) is 0 Å². The van der Waals surface area contributed by atoms with E-state index in [2.05, 4.69) is 5.32 Å². The Labute approximate surface area is 93.3 Å². The number of benzene rings is 1. The predicted molar refractivity (Wildman–Crippen MR) is 57.9 cm³/mol. The average Bonchev–Trinajstić information content (AvgIpc) is 2.29. The Hall–Kier alpha value is -1.84. The molecule has 1 aromatic carbocycles. The van der Waals surface area contributed by atoms with Crippen molar-refractivity contribution in [1.82, 2.24) is 5.32 Å². The second-order valence-electron chi connectivity index (χ2n) is 3.92. The van der Waals surface area contributed by atoms with Crippen LogP contribution in [0.25, 0.3) is 0 Å². The van der Waals surface area contributed by atoms with Crippen LogP contribution in [0.15, 0.2) is 24.3 Å². The highest BCUT2D eigenvalue weighted by Crippen LogP contribution is 2.29. The summed E-state index contributed by atoms with van der Waals surface area (Å²) in [7, 11) is 0. The van der Waals surface area contributed by atoms with Crippen LogP contribution in [0, 0.1) is 0 Å². The SMILES string of the molecule is O=C(O)C(=O)NC1CCCc2ccccc21. The van der Waals surface area contributed by atoms with E-state index < -0.39 is 11.9 Å². The Morgan fingerprint density at radius 2 is 2.06 bits per heavy atom. The van der Waals surface area contributed by atoms with E-state index >= 15 is 0 Å². The lowest BCUT2D eigenvalue weighted by atomic mass is 9.88. The summed E-state index contributed by atoms with van der Waals surface area (Å²) in [5.41, 5.74) is 2.24. The first-order valence-electron chi connectivity index (χ1n) is 5.30. The Balaban J connectivity index is 2.19. The van der Waals surface area contributed by atoms with Gasteiger partial charge < -0.3 is 10.4 Å². The number of hydrogen-bond acceptors (Lipinski definition) is 2. The van der Waals surface area contributed by atoms with Gasteiger partial charge in [-0.25, -0.2) is 4.79 Å². The molecule has 0 heterocycles. The third kappa shape index (κ3) is 2.05. The van der Waals surface area contributed by atoms with Crippen molar-refractivity contribution in [2.75, 3.05) is 0 Å². The van der Waals surface area contributed by atoms with Crippen LogP contribution < -0.4 is 5.32 Å². The van der Waals surface area contributed by atoms with Gasteiger partial charge in [0, 0.05) is 0 Å². The lowest BCUT2D eigenvalue weighted by Crippen LogP contribution is -2.35. The van der Waals surface area contributed by atoms with E-state index in [4.69, 9.17) is 5.11 Å². The summed E-state index contributed by atoms with van der Waals surface area (Å²) >= 11 is 0. The van der Waals surface area contributed by atoms with E-state index in [0.29, 0.717) is 0 Å². The fraction of sp³-hybridized carbons (Fsp3) is 0.333. The van der Waals surface area contributed by atoms with Crippen molar-refractivity contribution in [3.63, 3.8) is 0 Å². The zero-order chi connectivity index (χ0) is 11.5. The molecular weight excluding hydrogens is 206 g/mol. The molecule has 0 saturated carbocycles. The van der Waals surface area contributed by atoms with E-state index in [-0.39, 0.29) is 6.04 Å². The maximum Gasteiger partial charge on any atom is 0.394 e. The molecule has 0 aliphatic heterocycles. The van der Waals surface area contributed by atoms with Crippen LogP contribution in [0.1, 0.15) is 30.0 Å². The molecule has 1 aromatic rings. The van der Waals surface area contributed by atoms with Crippen LogP contribution in [0.3, 0.4) is 0 Å². The number of nitrogens with one attached hydrogen (secondary N) is 1. The van der Waals surface area contributed by atoms with Crippen molar-refractivity contribution in [2.24, 2.45) is 0 Å². The first-order valence-corrected chi connectivity index (χ1v) is 5.30. The summed E-state index contributed by atoms with van der Waals surface area (Å²) in [4.78, 5) is 21.6. The number of rotatable bonds is 1. The number of carboxylic acid groups (broad SMARTS) is 1. The highest BCUT2D eigenvalue weighted by molar-refractivity contribution is 6.31. The molecule has 1 unspecified atom stereocenters.